The molecule has 0 bridgehead atoms. The topological polar surface area (TPSA) is 96.2 Å². The van der Waals surface area contributed by atoms with Gasteiger partial charge in [-0.3, -0.25) is 4.79 Å². The molecule has 0 saturated heterocycles. The van der Waals surface area contributed by atoms with Crippen LogP contribution in [0.4, 0.5) is 21.9 Å². The van der Waals surface area contributed by atoms with E-state index in [-0.39, 0.29) is 12.5 Å². The van der Waals surface area contributed by atoms with Gasteiger partial charge < -0.3 is 21.7 Å². The minimum atomic E-state index is -0.434. The number of carbonyl (C=O) groups excluding carboxylic acids is 2. The lowest BCUT2D eigenvalue weighted by atomic mass is 10.2. The van der Waals surface area contributed by atoms with Crippen molar-refractivity contribution < 1.29 is 9.59 Å². The van der Waals surface area contributed by atoms with Gasteiger partial charge in [0.25, 0.3) is 0 Å². The second-order valence-electron chi connectivity index (χ2n) is 4.38. The number of halogens is 1. The third-order valence-electron chi connectivity index (χ3n) is 2.74. The molecule has 0 aromatic heterocycles. The van der Waals surface area contributed by atoms with Gasteiger partial charge in [-0.15, -0.1) is 0 Å². The van der Waals surface area contributed by atoms with E-state index in [1.165, 1.54) is 0 Å². The number of rotatable bonds is 4. The minimum Gasteiger partial charge on any atom is -0.323 e. The van der Waals surface area contributed by atoms with Crippen molar-refractivity contribution in [3.63, 3.8) is 0 Å². The van der Waals surface area contributed by atoms with Crippen LogP contribution in [0.1, 0.15) is 0 Å². The zero-order valence-electron chi connectivity index (χ0n) is 11.6. The maximum atomic E-state index is 12.0. The molecule has 0 radical (unpaired) electrons. The van der Waals surface area contributed by atoms with Crippen molar-refractivity contribution in [2.75, 3.05) is 22.5 Å². The highest BCUT2D eigenvalue weighted by molar-refractivity contribution is 6.30. The van der Waals surface area contributed by atoms with Crippen molar-refractivity contribution in [1.29, 1.82) is 0 Å². The highest BCUT2D eigenvalue weighted by atomic mass is 35.5. The molecule has 114 valence electrons. The Balaban J connectivity index is 2.05. The van der Waals surface area contributed by atoms with Crippen LogP contribution in [-0.2, 0) is 4.79 Å². The van der Waals surface area contributed by atoms with Crippen LogP contribution in [-0.4, -0.2) is 18.5 Å². The van der Waals surface area contributed by atoms with Crippen molar-refractivity contribution in [2.45, 2.75) is 0 Å². The van der Waals surface area contributed by atoms with Gasteiger partial charge in [0.2, 0.25) is 5.91 Å². The second kappa shape index (κ2) is 7.44. The second-order valence-corrected chi connectivity index (χ2v) is 4.82. The molecular formula is C15H15ClN4O2. The summed E-state index contributed by atoms with van der Waals surface area (Å²) in [5, 5.41) is 8.53. The number of benzene rings is 2. The van der Waals surface area contributed by atoms with Gasteiger partial charge in [0.1, 0.15) is 0 Å². The van der Waals surface area contributed by atoms with Gasteiger partial charge in [-0.1, -0.05) is 23.7 Å². The standard InChI is InChI=1S/C15H15ClN4O2/c16-10-5-7-11(8-6-10)18-15(22)20-13-4-2-1-3-12(13)19-14(21)9-17/h1-8H,9,17H2,(H,19,21)(H2,18,20,22). The van der Waals surface area contributed by atoms with Crippen LogP contribution in [0, 0.1) is 0 Å². The number of carbonyl (C=O) groups is 2. The van der Waals surface area contributed by atoms with Gasteiger partial charge in [0, 0.05) is 10.7 Å². The normalized spacial score (nSPS) is 9.91. The fraction of sp³-hybridized carbons (Fsp3) is 0.0667. The van der Waals surface area contributed by atoms with E-state index in [9.17, 15) is 9.59 Å². The van der Waals surface area contributed by atoms with Crippen LogP contribution in [0.25, 0.3) is 0 Å². The molecule has 0 fully saturated rings. The number of nitrogens with one attached hydrogen (secondary N) is 3. The van der Waals surface area contributed by atoms with E-state index in [4.69, 9.17) is 17.3 Å². The smallest absolute Gasteiger partial charge is 0.323 e. The lowest BCUT2D eigenvalue weighted by Gasteiger charge is -2.12. The van der Waals surface area contributed by atoms with E-state index >= 15 is 0 Å². The van der Waals surface area contributed by atoms with Crippen LogP contribution in [0.3, 0.4) is 0 Å². The third kappa shape index (κ3) is 4.47. The number of para-hydroxylation sites is 2. The van der Waals surface area contributed by atoms with Gasteiger partial charge >= 0.3 is 6.03 Å². The van der Waals surface area contributed by atoms with Crippen LogP contribution in [0.15, 0.2) is 48.5 Å². The summed E-state index contributed by atoms with van der Waals surface area (Å²) in [5.74, 6) is -0.340. The molecule has 0 heterocycles. The molecule has 0 unspecified atom stereocenters. The van der Waals surface area contributed by atoms with Gasteiger partial charge in [0.15, 0.2) is 0 Å². The number of amides is 3. The van der Waals surface area contributed by atoms with E-state index in [1.54, 1.807) is 48.5 Å². The summed E-state index contributed by atoms with van der Waals surface area (Å²) < 4.78 is 0. The Morgan fingerprint density at radius 1 is 0.909 bits per heavy atom. The van der Waals surface area contributed by atoms with Crippen molar-refractivity contribution in [3.05, 3.63) is 53.6 Å². The minimum absolute atomic E-state index is 0.134. The SMILES string of the molecule is NCC(=O)Nc1ccccc1NC(=O)Nc1ccc(Cl)cc1. The molecular weight excluding hydrogens is 304 g/mol. The molecule has 0 saturated carbocycles. The number of hydrogen-bond donors (Lipinski definition) is 4. The predicted octanol–water partition coefficient (Wildman–Crippen LogP) is 2.88. The first-order valence-corrected chi connectivity index (χ1v) is 6.89. The summed E-state index contributed by atoms with van der Waals surface area (Å²) in [6, 6.07) is 13.1. The molecule has 5 N–H and O–H groups in total. The summed E-state index contributed by atoms with van der Waals surface area (Å²) in [6.45, 7) is -0.134. The lowest BCUT2D eigenvalue weighted by molar-refractivity contribution is -0.114. The van der Waals surface area contributed by atoms with Crippen LogP contribution in [0.2, 0.25) is 5.02 Å². The maximum Gasteiger partial charge on any atom is 0.323 e. The molecule has 2 rings (SSSR count). The molecule has 0 atom stereocenters. The van der Waals surface area contributed by atoms with Crippen molar-refractivity contribution in [2.24, 2.45) is 5.73 Å². The highest BCUT2D eigenvalue weighted by Crippen LogP contribution is 2.21. The fourth-order valence-corrected chi connectivity index (χ4v) is 1.85. The average molecular weight is 319 g/mol. The molecule has 7 heteroatoms. The molecule has 2 aromatic carbocycles. The Bertz CT molecular complexity index is 673. The van der Waals surface area contributed by atoms with Gasteiger partial charge in [-0.2, -0.15) is 0 Å². The average Bonchev–Trinajstić information content (AvgIpc) is 2.51. The van der Waals surface area contributed by atoms with Gasteiger partial charge in [0.05, 0.1) is 17.9 Å². The first-order valence-electron chi connectivity index (χ1n) is 6.51. The monoisotopic (exact) mass is 318 g/mol. The van der Waals surface area contributed by atoms with Crippen molar-refractivity contribution in [3.8, 4) is 0 Å². The summed E-state index contributed by atoms with van der Waals surface area (Å²) in [6.07, 6.45) is 0. The number of anilines is 3. The van der Waals surface area contributed by atoms with E-state index < -0.39 is 6.03 Å². The summed E-state index contributed by atoms with van der Waals surface area (Å²) >= 11 is 5.78. The van der Waals surface area contributed by atoms with E-state index in [1.807, 2.05) is 0 Å². The third-order valence-corrected chi connectivity index (χ3v) is 2.99. The van der Waals surface area contributed by atoms with E-state index in [2.05, 4.69) is 16.0 Å². The predicted molar refractivity (Wildman–Crippen MR) is 88.2 cm³/mol. The molecule has 0 aliphatic rings. The number of nitrogens with two attached hydrogens (primary N) is 1. The maximum absolute atomic E-state index is 12.0. The Kier molecular flexibility index (Phi) is 5.35. The Morgan fingerprint density at radius 2 is 1.50 bits per heavy atom. The molecule has 3 amide bonds. The van der Waals surface area contributed by atoms with Crippen LogP contribution in [0.5, 0.6) is 0 Å². The van der Waals surface area contributed by atoms with Gasteiger partial charge in [-0.05, 0) is 36.4 Å². The van der Waals surface area contributed by atoms with Crippen LogP contribution >= 0.6 is 11.6 Å². The molecule has 2 aromatic rings. The quantitative estimate of drug-likeness (QED) is 0.698. The molecule has 22 heavy (non-hydrogen) atoms. The molecule has 0 spiro atoms. The zero-order chi connectivity index (χ0) is 15.9. The van der Waals surface area contributed by atoms with E-state index in [0.29, 0.717) is 22.1 Å². The van der Waals surface area contributed by atoms with Crippen LogP contribution < -0.4 is 21.7 Å². The Labute approximate surface area is 132 Å². The summed E-state index contributed by atoms with van der Waals surface area (Å²) in [7, 11) is 0. The lowest BCUT2D eigenvalue weighted by Crippen LogP contribution is -2.24. The first kappa shape index (κ1) is 15.8. The van der Waals surface area contributed by atoms with Crippen molar-refractivity contribution >= 4 is 40.6 Å². The van der Waals surface area contributed by atoms with Crippen molar-refractivity contribution in [1.82, 2.24) is 0 Å². The van der Waals surface area contributed by atoms with Gasteiger partial charge in [-0.25, -0.2) is 4.79 Å². The number of urea groups is 1. The Hall–Kier alpha value is -2.57. The highest BCUT2D eigenvalue weighted by Gasteiger charge is 2.08. The Morgan fingerprint density at radius 3 is 2.09 bits per heavy atom. The summed E-state index contributed by atoms with van der Waals surface area (Å²) in [5.41, 5.74) is 6.81. The zero-order valence-corrected chi connectivity index (χ0v) is 12.4. The molecule has 0 aliphatic heterocycles. The molecule has 6 nitrogen and oxygen atoms in total. The van der Waals surface area contributed by atoms with E-state index in [0.717, 1.165) is 0 Å². The number of hydrogen-bond acceptors (Lipinski definition) is 3. The molecule has 0 aliphatic carbocycles. The largest absolute Gasteiger partial charge is 0.323 e. The first-order chi connectivity index (χ1) is 10.6. The fourth-order valence-electron chi connectivity index (χ4n) is 1.72. The summed E-state index contributed by atoms with van der Waals surface area (Å²) in [4.78, 5) is 23.3.